The van der Waals surface area contributed by atoms with Crippen LogP contribution in [0.4, 0.5) is 11.4 Å². The summed E-state index contributed by atoms with van der Waals surface area (Å²) in [6, 6.07) is 6.69. The third kappa shape index (κ3) is 4.50. The highest BCUT2D eigenvalue weighted by Gasteiger charge is 2.20. The van der Waals surface area contributed by atoms with Gasteiger partial charge in [-0.1, -0.05) is 6.07 Å². The molecule has 0 spiro atoms. The van der Waals surface area contributed by atoms with Gasteiger partial charge in [-0.3, -0.25) is 9.52 Å². The fourth-order valence-corrected chi connectivity index (χ4v) is 2.76. The van der Waals surface area contributed by atoms with Crippen molar-refractivity contribution in [3.05, 3.63) is 24.3 Å². The van der Waals surface area contributed by atoms with Crippen molar-refractivity contribution in [3.63, 3.8) is 0 Å². The van der Waals surface area contributed by atoms with E-state index in [1.165, 1.54) is 0 Å². The largest absolute Gasteiger partial charge is 0.326 e. The molecule has 2 rings (SSSR count). The minimum absolute atomic E-state index is 0.0111. The summed E-state index contributed by atoms with van der Waals surface area (Å²) < 4.78 is 24.7. The maximum atomic E-state index is 12.1. The molecule has 0 unspecified atom stereocenters. The van der Waals surface area contributed by atoms with E-state index in [1.807, 2.05) is 0 Å². The van der Waals surface area contributed by atoms with E-state index in [4.69, 9.17) is 0 Å². The predicted molar refractivity (Wildman–Crippen MR) is 79.1 cm³/mol. The number of nitrogens with one attached hydrogen (secondary N) is 3. The van der Waals surface area contributed by atoms with Gasteiger partial charge in [0.2, 0.25) is 15.9 Å². The van der Waals surface area contributed by atoms with E-state index < -0.39 is 10.0 Å². The number of carbonyl (C=O) groups excluding carboxylic acids is 1. The summed E-state index contributed by atoms with van der Waals surface area (Å²) in [4.78, 5) is 12.1. The molecule has 1 fully saturated rings. The van der Waals surface area contributed by atoms with Gasteiger partial charge in [-0.2, -0.15) is 0 Å². The van der Waals surface area contributed by atoms with Crippen molar-refractivity contribution in [2.75, 3.05) is 29.4 Å². The van der Waals surface area contributed by atoms with Crippen molar-refractivity contribution in [1.82, 2.24) is 5.32 Å². The van der Waals surface area contributed by atoms with Crippen LogP contribution in [0.1, 0.15) is 12.8 Å². The molecule has 1 saturated heterocycles. The van der Waals surface area contributed by atoms with E-state index >= 15 is 0 Å². The van der Waals surface area contributed by atoms with Crippen LogP contribution < -0.4 is 15.4 Å². The first-order chi connectivity index (χ1) is 9.44. The quantitative estimate of drug-likeness (QED) is 0.773. The van der Waals surface area contributed by atoms with Crippen LogP contribution in [0.15, 0.2) is 24.3 Å². The Kier molecular flexibility index (Phi) is 4.61. The first-order valence-electron chi connectivity index (χ1n) is 6.53. The molecule has 7 heteroatoms. The number of sulfonamides is 1. The second-order valence-corrected chi connectivity index (χ2v) is 6.72. The molecule has 1 heterocycles. The third-order valence-electron chi connectivity index (χ3n) is 3.14. The Labute approximate surface area is 119 Å². The Morgan fingerprint density at radius 3 is 2.55 bits per heavy atom. The topological polar surface area (TPSA) is 87.3 Å². The average molecular weight is 297 g/mol. The number of hydrogen-bond acceptors (Lipinski definition) is 4. The highest BCUT2D eigenvalue weighted by Crippen LogP contribution is 2.19. The predicted octanol–water partition coefficient (Wildman–Crippen LogP) is 0.996. The number of carbonyl (C=O) groups is 1. The molecule has 0 aromatic heterocycles. The van der Waals surface area contributed by atoms with Crippen LogP contribution in [-0.4, -0.2) is 33.7 Å². The third-order valence-corrected chi connectivity index (χ3v) is 3.75. The van der Waals surface area contributed by atoms with Crippen molar-refractivity contribution in [2.45, 2.75) is 12.8 Å². The summed E-state index contributed by atoms with van der Waals surface area (Å²) in [7, 11) is -3.31. The summed E-state index contributed by atoms with van der Waals surface area (Å²) in [5.74, 6) is 0.00535. The molecule has 110 valence electrons. The first-order valence-corrected chi connectivity index (χ1v) is 8.42. The molecule has 0 saturated carbocycles. The number of benzene rings is 1. The normalized spacial score (nSPS) is 16.6. The van der Waals surface area contributed by atoms with Gasteiger partial charge < -0.3 is 10.6 Å². The van der Waals surface area contributed by atoms with Crippen LogP contribution >= 0.6 is 0 Å². The van der Waals surface area contributed by atoms with Gasteiger partial charge in [0, 0.05) is 11.6 Å². The Balaban J connectivity index is 2.02. The van der Waals surface area contributed by atoms with Gasteiger partial charge in [-0.25, -0.2) is 8.42 Å². The second-order valence-electron chi connectivity index (χ2n) is 4.97. The van der Waals surface area contributed by atoms with Crippen LogP contribution in [0.2, 0.25) is 0 Å². The lowest BCUT2D eigenvalue weighted by molar-refractivity contribution is -0.120. The first kappa shape index (κ1) is 14.8. The van der Waals surface area contributed by atoms with Crippen molar-refractivity contribution < 1.29 is 13.2 Å². The molecule has 0 aliphatic carbocycles. The molecule has 0 bridgehead atoms. The Morgan fingerprint density at radius 2 is 1.90 bits per heavy atom. The monoisotopic (exact) mass is 297 g/mol. The highest BCUT2D eigenvalue weighted by molar-refractivity contribution is 7.92. The summed E-state index contributed by atoms with van der Waals surface area (Å²) in [6.45, 7) is 1.71. The van der Waals surface area contributed by atoms with Gasteiger partial charge in [0.15, 0.2) is 0 Å². The maximum Gasteiger partial charge on any atom is 0.229 e. The molecule has 20 heavy (non-hydrogen) atoms. The Morgan fingerprint density at radius 1 is 1.25 bits per heavy atom. The lowest BCUT2D eigenvalue weighted by Crippen LogP contribution is -2.34. The highest BCUT2D eigenvalue weighted by atomic mass is 32.2. The maximum absolute atomic E-state index is 12.1. The number of rotatable bonds is 4. The van der Waals surface area contributed by atoms with Gasteiger partial charge >= 0.3 is 0 Å². The van der Waals surface area contributed by atoms with Crippen LogP contribution in [0.25, 0.3) is 0 Å². The molecule has 1 aliphatic heterocycles. The summed E-state index contributed by atoms with van der Waals surface area (Å²) in [5.41, 5.74) is 1.04. The molecular weight excluding hydrogens is 278 g/mol. The fourth-order valence-electron chi connectivity index (χ4n) is 2.20. The van der Waals surface area contributed by atoms with Gasteiger partial charge in [-0.15, -0.1) is 0 Å². The van der Waals surface area contributed by atoms with E-state index in [-0.39, 0.29) is 11.8 Å². The molecule has 1 aromatic rings. The average Bonchev–Trinajstić information content (AvgIpc) is 2.38. The smallest absolute Gasteiger partial charge is 0.229 e. The minimum Gasteiger partial charge on any atom is -0.326 e. The number of amides is 1. The van der Waals surface area contributed by atoms with Gasteiger partial charge in [0.05, 0.1) is 11.9 Å². The van der Waals surface area contributed by atoms with Crippen molar-refractivity contribution in [3.8, 4) is 0 Å². The Hall–Kier alpha value is -1.60. The minimum atomic E-state index is -3.31. The van der Waals surface area contributed by atoms with Gasteiger partial charge in [0.1, 0.15) is 0 Å². The van der Waals surface area contributed by atoms with E-state index in [1.54, 1.807) is 24.3 Å². The number of piperidine rings is 1. The molecule has 0 atom stereocenters. The van der Waals surface area contributed by atoms with Crippen LogP contribution in [0, 0.1) is 5.92 Å². The zero-order valence-electron chi connectivity index (χ0n) is 11.3. The number of anilines is 2. The molecule has 6 nitrogen and oxygen atoms in total. The summed E-state index contributed by atoms with van der Waals surface area (Å²) in [5, 5.41) is 6.05. The van der Waals surface area contributed by atoms with E-state index in [2.05, 4.69) is 15.4 Å². The van der Waals surface area contributed by atoms with Gasteiger partial charge in [0.25, 0.3) is 0 Å². The second kappa shape index (κ2) is 6.23. The summed E-state index contributed by atoms with van der Waals surface area (Å²) in [6.07, 6.45) is 2.74. The van der Waals surface area contributed by atoms with E-state index in [9.17, 15) is 13.2 Å². The molecule has 0 radical (unpaired) electrons. The van der Waals surface area contributed by atoms with E-state index in [0.29, 0.717) is 11.4 Å². The fraction of sp³-hybridized carbons (Fsp3) is 0.462. The van der Waals surface area contributed by atoms with Crippen molar-refractivity contribution in [2.24, 2.45) is 5.92 Å². The number of hydrogen-bond donors (Lipinski definition) is 3. The van der Waals surface area contributed by atoms with Crippen LogP contribution in [0.3, 0.4) is 0 Å². The molecular formula is C13H19N3O3S. The van der Waals surface area contributed by atoms with Crippen LogP contribution in [0.5, 0.6) is 0 Å². The molecule has 3 N–H and O–H groups in total. The van der Waals surface area contributed by atoms with E-state index in [0.717, 1.165) is 32.2 Å². The zero-order valence-corrected chi connectivity index (χ0v) is 12.2. The standard InChI is InChI=1S/C13H19N3O3S/c1-20(18,19)16-12-4-2-3-11(9-12)15-13(17)10-5-7-14-8-6-10/h2-4,9-10,14,16H,5-8H2,1H3,(H,15,17). The molecule has 1 amide bonds. The van der Waals surface area contributed by atoms with Gasteiger partial charge in [-0.05, 0) is 44.1 Å². The zero-order chi connectivity index (χ0) is 14.6. The lowest BCUT2D eigenvalue weighted by Gasteiger charge is -2.21. The molecule has 1 aromatic carbocycles. The SMILES string of the molecule is CS(=O)(=O)Nc1cccc(NC(=O)C2CCNCC2)c1. The van der Waals surface area contributed by atoms with Crippen LogP contribution in [-0.2, 0) is 14.8 Å². The molecule has 1 aliphatic rings. The Bertz CT molecular complexity index is 580. The van der Waals surface area contributed by atoms with Crippen molar-refractivity contribution >= 4 is 27.3 Å². The summed E-state index contributed by atoms with van der Waals surface area (Å²) >= 11 is 0. The van der Waals surface area contributed by atoms with Crippen molar-refractivity contribution in [1.29, 1.82) is 0 Å². The lowest BCUT2D eigenvalue weighted by atomic mass is 9.97.